The topological polar surface area (TPSA) is 124 Å². The number of nitrogen functional groups attached to an aromatic ring is 1. The summed E-state index contributed by atoms with van der Waals surface area (Å²) in [5, 5.41) is 3.56. The number of nitrogens with two attached hydrogens (primary N) is 1. The Bertz CT molecular complexity index is 1120. The minimum atomic E-state index is -1.40. The third kappa shape index (κ3) is 3.74. The van der Waals surface area contributed by atoms with Crippen molar-refractivity contribution in [1.29, 1.82) is 0 Å². The van der Waals surface area contributed by atoms with Crippen molar-refractivity contribution < 1.29 is 13.4 Å². The van der Waals surface area contributed by atoms with Crippen LogP contribution in [-0.4, -0.2) is 25.1 Å². The van der Waals surface area contributed by atoms with E-state index in [0.717, 1.165) is 5.39 Å². The molecule has 0 radical (unpaired) electrons. The van der Waals surface area contributed by atoms with Crippen LogP contribution in [0.2, 0.25) is 0 Å². The van der Waals surface area contributed by atoms with Gasteiger partial charge in [0.15, 0.2) is 11.3 Å². The van der Waals surface area contributed by atoms with Gasteiger partial charge in [-0.05, 0) is 36.4 Å². The molecule has 1 amide bonds. The third-order valence-electron chi connectivity index (χ3n) is 3.96. The van der Waals surface area contributed by atoms with Crippen LogP contribution in [0.25, 0.3) is 11.0 Å². The molecule has 0 aliphatic rings. The third-order valence-corrected chi connectivity index (χ3v) is 5.30. The zero-order chi connectivity index (χ0) is 19.5. The van der Waals surface area contributed by atoms with E-state index in [1.807, 2.05) is 0 Å². The zero-order valence-electron chi connectivity index (χ0n) is 14.5. The number of amides is 1. The van der Waals surface area contributed by atoms with Crippen molar-refractivity contribution in [1.82, 2.24) is 20.3 Å². The Morgan fingerprint density at radius 2 is 1.86 bits per heavy atom. The molecule has 4 aromatic rings. The molecule has 1 atom stereocenters. The lowest BCUT2D eigenvalue weighted by molar-refractivity contribution is 0.0925. The van der Waals surface area contributed by atoms with Crippen molar-refractivity contribution in [3.63, 3.8) is 0 Å². The average molecular weight is 393 g/mol. The SMILES string of the molecule is Nc1ccc(S(=O)c2ccc(CNC(=O)c3cc4ccncc4o3)nc2)cn1. The molecule has 4 rings (SSSR count). The summed E-state index contributed by atoms with van der Waals surface area (Å²) in [5.74, 6) is 0.223. The maximum Gasteiger partial charge on any atom is 0.287 e. The molecule has 28 heavy (non-hydrogen) atoms. The fourth-order valence-electron chi connectivity index (χ4n) is 2.52. The lowest BCUT2D eigenvalue weighted by atomic mass is 10.3. The molecule has 0 bridgehead atoms. The summed E-state index contributed by atoms with van der Waals surface area (Å²) in [6.45, 7) is 0.213. The lowest BCUT2D eigenvalue weighted by Gasteiger charge is -2.05. The van der Waals surface area contributed by atoms with Crippen LogP contribution in [0, 0.1) is 0 Å². The molecular weight excluding hydrogens is 378 g/mol. The standard InChI is InChI=1S/C19H15N5O3S/c20-18-4-3-15(10-23-18)28(26)14-2-1-13(22-9-14)8-24-19(25)16-7-12-5-6-21-11-17(12)27-16/h1-7,9-11H,8H2,(H2,20,23)(H,24,25). The highest BCUT2D eigenvalue weighted by molar-refractivity contribution is 7.85. The van der Waals surface area contributed by atoms with Gasteiger partial charge in [-0.3, -0.25) is 14.8 Å². The largest absolute Gasteiger partial charge is 0.449 e. The monoisotopic (exact) mass is 393 g/mol. The van der Waals surface area contributed by atoms with Gasteiger partial charge in [-0.15, -0.1) is 0 Å². The van der Waals surface area contributed by atoms with Gasteiger partial charge in [0, 0.05) is 24.0 Å². The predicted molar refractivity (Wildman–Crippen MR) is 103 cm³/mol. The van der Waals surface area contributed by atoms with Gasteiger partial charge in [0.05, 0.1) is 39.0 Å². The number of carbonyl (C=O) groups excluding carboxylic acids is 1. The van der Waals surface area contributed by atoms with E-state index in [1.54, 1.807) is 48.8 Å². The van der Waals surface area contributed by atoms with E-state index >= 15 is 0 Å². The molecule has 4 aromatic heterocycles. The van der Waals surface area contributed by atoms with E-state index in [0.29, 0.717) is 26.9 Å². The first-order valence-electron chi connectivity index (χ1n) is 8.30. The molecule has 0 aliphatic heterocycles. The second kappa shape index (κ2) is 7.57. The van der Waals surface area contributed by atoms with E-state index in [1.165, 1.54) is 12.4 Å². The second-order valence-electron chi connectivity index (χ2n) is 5.88. The van der Waals surface area contributed by atoms with E-state index in [4.69, 9.17) is 10.2 Å². The Labute approximate surface area is 162 Å². The number of furan rings is 1. The maximum absolute atomic E-state index is 12.5. The molecule has 0 spiro atoms. The Balaban J connectivity index is 1.40. The minimum Gasteiger partial charge on any atom is -0.449 e. The van der Waals surface area contributed by atoms with Gasteiger partial charge in [0.2, 0.25) is 0 Å². The number of nitrogens with one attached hydrogen (secondary N) is 1. The van der Waals surface area contributed by atoms with E-state index in [2.05, 4.69) is 20.3 Å². The first-order chi connectivity index (χ1) is 13.6. The number of rotatable bonds is 5. The van der Waals surface area contributed by atoms with Gasteiger partial charge in [-0.1, -0.05) is 0 Å². The highest BCUT2D eigenvalue weighted by Gasteiger charge is 2.13. The van der Waals surface area contributed by atoms with Crippen LogP contribution < -0.4 is 11.1 Å². The first-order valence-corrected chi connectivity index (χ1v) is 9.45. The van der Waals surface area contributed by atoms with E-state index in [-0.39, 0.29) is 18.2 Å². The first kappa shape index (κ1) is 17.8. The molecule has 8 nitrogen and oxygen atoms in total. The van der Waals surface area contributed by atoms with Gasteiger partial charge in [-0.2, -0.15) is 0 Å². The van der Waals surface area contributed by atoms with Crippen LogP contribution in [0.5, 0.6) is 0 Å². The summed E-state index contributed by atoms with van der Waals surface area (Å²) in [7, 11) is -1.40. The zero-order valence-corrected chi connectivity index (χ0v) is 15.3. The second-order valence-corrected chi connectivity index (χ2v) is 7.36. The summed E-state index contributed by atoms with van der Waals surface area (Å²) < 4.78 is 18.0. The van der Waals surface area contributed by atoms with Gasteiger partial charge >= 0.3 is 0 Å². The highest BCUT2D eigenvalue weighted by atomic mass is 32.2. The van der Waals surface area contributed by atoms with Gasteiger partial charge in [0.1, 0.15) is 5.82 Å². The Morgan fingerprint density at radius 1 is 1.07 bits per heavy atom. The molecule has 0 saturated carbocycles. The Hall–Kier alpha value is -3.59. The summed E-state index contributed by atoms with van der Waals surface area (Å²) >= 11 is 0. The van der Waals surface area contributed by atoms with Crippen LogP contribution in [-0.2, 0) is 17.3 Å². The molecule has 0 aromatic carbocycles. The quantitative estimate of drug-likeness (QED) is 0.533. The molecule has 9 heteroatoms. The summed E-state index contributed by atoms with van der Waals surface area (Å²) in [5.41, 5.74) is 6.72. The number of pyridine rings is 3. The van der Waals surface area contributed by atoms with Crippen molar-refractivity contribution in [3.8, 4) is 0 Å². The van der Waals surface area contributed by atoms with Crippen molar-refractivity contribution in [2.24, 2.45) is 0 Å². The van der Waals surface area contributed by atoms with Gasteiger partial charge in [-0.25, -0.2) is 9.19 Å². The fourth-order valence-corrected chi connectivity index (χ4v) is 3.47. The normalized spacial score (nSPS) is 12.0. The van der Waals surface area contributed by atoms with Gasteiger partial charge in [0.25, 0.3) is 5.91 Å². The molecule has 4 heterocycles. The van der Waals surface area contributed by atoms with Crippen molar-refractivity contribution in [2.45, 2.75) is 16.3 Å². The number of anilines is 1. The van der Waals surface area contributed by atoms with Crippen molar-refractivity contribution in [2.75, 3.05) is 5.73 Å². The average Bonchev–Trinajstić information content (AvgIpc) is 3.17. The van der Waals surface area contributed by atoms with Gasteiger partial charge < -0.3 is 15.5 Å². The molecule has 0 saturated heterocycles. The van der Waals surface area contributed by atoms with E-state index < -0.39 is 10.8 Å². The Morgan fingerprint density at radius 3 is 2.54 bits per heavy atom. The van der Waals surface area contributed by atoms with Crippen molar-refractivity contribution in [3.05, 3.63) is 72.6 Å². The summed E-state index contributed by atoms with van der Waals surface area (Å²) in [4.78, 5) is 25.5. The molecule has 140 valence electrons. The van der Waals surface area contributed by atoms with Crippen LogP contribution in [0.1, 0.15) is 16.2 Å². The number of hydrogen-bond donors (Lipinski definition) is 2. The lowest BCUT2D eigenvalue weighted by Crippen LogP contribution is -2.22. The maximum atomic E-state index is 12.5. The van der Waals surface area contributed by atoms with Crippen LogP contribution in [0.15, 0.2) is 75.4 Å². The predicted octanol–water partition coefficient (Wildman–Crippen LogP) is 2.30. The van der Waals surface area contributed by atoms with Crippen molar-refractivity contribution >= 4 is 33.5 Å². The Kier molecular flexibility index (Phi) is 4.81. The molecular formula is C19H15N5O3S. The number of hydrogen-bond acceptors (Lipinski definition) is 7. The number of fused-ring (bicyclic) bond motifs is 1. The highest BCUT2D eigenvalue weighted by Crippen LogP contribution is 2.18. The smallest absolute Gasteiger partial charge is 0.287 e. The summed E-state index contributed by atoms with van der Waals surface area (Å²) in [6, 6.07) is 10.1. The molecule has 3 N–H and O–H groups in total. The van der Waals surface area contributed by atoms with E-state index in [9.17, 15) is 9.00 Å². The summed E-state index contributed by atoms with van der Waals surface area (Å²) in [6.07, 6.45) is 6.18. The number of aromatic nitrogens is 3. The molecule has 0 aliphatic carbocycles. The van der Waals surface area contributed by atoms with Crippen LogP contribution >= 0.6 is 0 Å². The molecule has 1 unspecified atom stereocenters. The molecule has 0 fully saturated rings. The minimum absolute atomic E-state index is 0.205. The number of carbonyl (C=O) groups is 1. The number of nitrogens with zero attached hydrogens (tertiary/aromatic N) is 3. The fraction of sp³-hybridized carbons (Fsp3) is 0.0526. The van der Waals surface area contributed by atoms with Crippen LogP contribution in [0.3, 0.4) is 0 Å². The van der Waals surface area contributed by atoms with Crippen LogP contribution in [0.4, 0.5) is 5.82 Å².